The Bertz CT molecular complexity index is 259. The van der Waals surface area contributed by atoms with Gasteiger partial charge in [0, 0.05) is 39.9 Å². The van der Waals surface area contributed by atoms with Gasteiger partial charge >= 0.3 is 0 Å². The number of likely N-dealkylation sites (tertiary alicyclic amines) is 1. The van der Waals surface area contributed by atoms with Gasteiger partial charge in [-0.3, -0.25) is 10.4 Å². The minimum atomic E-state index is 0.487. The summed E-state index contributed by atoms with van der Waals surface area (Å²) in [6, 6.07) is 0.487. The van der Waals surface area contributed by atoms with Gasteiger partial charge in [0.1, 0.15) is 0 Å². The molecule has 6 heteroatoms. The fourth-order valence-corrected chi connectivity index (χ4v) is 2.28. The summed E-state index contributed by atoms with van der Waals surface area (Å²) in [7, 11) is 5.92. The van der Waals surface area contributed by atoms with Gasteiger partial charge in [-0.25, -0.2) is 5.84 Å². The van der Waals surface area contributed by atoms with Crippen LogP contribution in [0.3, 0.4) is 0 Å². The van der Waals surface area contributed by atoms with E-state index in [1.54, 1.807) is 7.11 Å². The molecule has 6 nitrogen and oxygen atoms in total. The van der Waals surface area contributed by atoms with E-state index in [9.17, 15) is 0 Å². The standard InChI is InChI=1S/C12H27N5O/c1-16-8-4-6-11(10-16)17(2)12(15-13)14-7-5-9-18-3/h11H,4-10,13H2,1-3H3,(H,14,15). The molecular weight excluding hydrogens is 230 g/mol. The lowest BCUT2D eigenvalue weighted by Gasteiger charge is -2.37. The molecule has 0 aromatic carbocycles. The second-order valence-corrected chi connectivity index (χ2v) is 4.87. The number of nitrogens with two attached hydrogens (primary N) is 1. The van der Waals surface area contributed by atoms with Crippen molar-refractivity contribution in [2.45, 2.75) is 25.3 Å². The predicted octanol–water partition coefficient (Wildman–Crippen LogP) is -0.132. The number of nitrogens with zero attached hydrogens (tertiary/aromatic N) is 3. The Balaban J connectivity index is 2.46. The number of aliphatic imine (C=N–C) groups is 1. The molecule has 1 atom stereocenters. The number of ether oxygens (including phenoxy) is 1. The van der Waals surface area contributed by atoms with E-state index in [1.165, 1.54) is 19.4 Å². The molecule has 106 valence electrons. The van der Waals surface area contributed by atoms with Crippen molar-refractivity contribution in [3.8, 4) is 0 Å². The SMILES string of the molecule is COCCCN=C(NN)N(C)C1CCCN(C)C1. The average Bonchev–Trinajstić information content (AvgIpc) is 2.38. The number of piperidine rings is 1. The van der Waals surface area contributed by atoms with Crippen LogP contribution in [0.25, 0.3) is 0 Å². The average molecular weight is 257 g/mol. The highest BCUT2D eigenvalue weighted by molar-refractivity contribution is 5.79. The van der Waals surface area contributed by atoms with Crippen LogP contribution >= 0.6 is 0 Å². The van der Waals surface area contributed by atoms with Crippen LogP contribution in [0.5, 0.6) is 0 Å². The van der Waals surface area contributed by atoms with Gasteiger partial charge in [-0.15, -0.1) is 0 Å². The predicted molar refractivity (Wildman–Crippen MR) is 74.4 cm³/mol. The van der Waals surface area contributed by atoms with E-state index in [0.717, 1.165) is 32.1 Å². The zero-order valence-electron chi connectivity index (χ0n) is 11.9. The largest absolute Gasteiger partial charge is 0.385 e. The van der Waals surface area contributed by atoms with E-state index in [-0.39, 0.29) is 0 Å². The molecule has 0 aromatic rings. The van der Waals surface area contributed by atoms with Crippen LogP contribution < -0.4 is 11.3 Å². The molecule has 3 N–H and O–H groups in total. The molecule has 0 bridgehead atoms. The van der Waals surface area contributed by atoms with Crippen LogP contribution in [-0.4, -0.2) is 69.2 Å². The molecule has 18 heavy (non-hydrogen) atoms. The molecule has 1 unspecified atom stereocenters. The van der Waals surface area contributed by atoms with Gasteiger partial charge in [-0.1, -0.05) is 0 Å². The Morgan fingerprint density at radius 2 is 2.39 bits per heavy atom. The van der Waals surface area contributed by atoms with Crippen LogP contribution in [0, 0.1) is 0 Å². The molecular formula is C12H27N5O. The minimum absolute atomic E-state index is 0.487. The van der Waals surface area contributed by atoms with E-state index >= 15 is 0 Å². The molecule has 0 radical (unpaired) electrons. The third-order valence-electron chi connectivity index (χ3n) is 3.38. The Hall–Kier alpha value is -0.850. The molecule has 1 aliphatic heterocycles. The molecule has 1 aliphatic rings. The van der Waals surface area contributed by atoms with E-state index in [2.05, 4.69) is 34.3 Å². The van der Waals surface area contributed by atoms with E-state index in [1.807, 2.05) is 0 Å². The second-order valence-electron chi connectivity index (χ2n) is 4.87. The molecule has 0 saturated carbocycles. The lowest BCUT2D eigenvalue weighted by molar-refractivity contribution is 0.178. The molecule has 0 spiro atoms. The van der Waals surface area contributed by atoms with Crippen LogP contribution in [0.1, 0.15) is 19.3 Å². The lowest BCUT2D eigenvalue weighted by atomic mass is 10.1. The van der Waals surface area contributed by atoms with Crippen molar-refractivity contribution in [2.75, 3.05) is 47.4 Å². The highest BCUT2D eigenvalue weighted by Gasteiger charge is 2.22. The topological polar surface area (TPSA) is 66.1 Å². The fraction of sp³-hybridized carbons (Fsp3) is 0.917. The van der Waals surface area contributed by atoms with Gasteiger partial charge in [0.25, 0.3) is 0 Å². The van der Waals surface area contributed by atoms with Crippen molar-refractivity contribution in [3.63, 3.8) is 0 Å². The van der Waals surface area contributed by atoms with Crippen molar-refractivity contribution in [1.82, 2.24) is 15.2 Å². The fourth-order valence-electron chi connectivity index (χ4n) is 2.28. The first kappa shape index (κ1) is 15.2. The molecule has 0 amide bonds. The van der Waals surface area contributed by atoms with Gasteiger partial charge in [0.2, 0.25) is 5.96 Å². The summed E-state index contributed by atoms with van der Waals surface area (Å²) in [6.07, 6.45) is 3.34. The van der Waals surface area contributed by atoms with Crippen molar-refractivity contribution in [3.05, 3.63) is 0 Å². The Morgan fingerprint density at radius 1 is 1.61 bits per heavy atom. The van der Waals surface area contributed by atoms with Gasteiger partial charge < -0.3 is 14.5 Å². The van der Waals surface area contributed by atoms with Gasteiger partial charge in [-0.2, -0.15) is 0 Å². The number of methoxy groups -OCH3 is 1. The summed E-state index contributed by atoms with van der Waals surface area (Å²) < 4.78 is 5.01. The molecule has 1 saturated heterocycles. The summed E-state index contributed by atoms with van der Waals surface area (Å²) in [4.78, 5) is 8.99. The van der Waals surface area contributed by atoms with Crippen LogP contribution in [0.4, 0.5) is 0 Å². The number of rotatable bonds is 5. The Kier molecular flexibility index (Phi) is 7.00. The van der Waals surface area contributed by atoms with Gasteiger partial charge in [0.15, 0.2) is 0 Å². The van der Waals surface area contributed by atoms with E-state index in [4.69, 9.17) is 10.6 Å². The maximum atomic E-state index is 5.56. The highest BCUT2D eigenvalue weighted by atomic mass is 16.5. The minimum Gasteiger partial charge on any atom is -0.385 e. The number of nitrogens with one attached hydrogen (secondary N) is 1. The van der Waals surface area contributed by atoms with Crippen molar-refractivity contribution < 1.29 is 4.74 Å². The van der Waals surface area contributed by atoms with E-state index in [0.29, 0.717) is 6.04 Å². The molecule has 1 fully saturated rings. The molecule has 0 aliphatic carbocycles. The monoisotopic (exact) mass is 257 g/mol. The zero-order chi connectivity index (χ0) is 13.4. The third-order valence-corrected chi connectivity index (χ3v) is 3.38. The first-order valence-corrected chi connectivity index (χ1v) is 6.60. The first-order valence-electron chi connectivity index (χ1n) is 6.60. The van der Waals surface area contributed by atoms with Crippen LogP contribution in [-0.2, 0) is 4.74 Å². The summed E-state index contributed by atoms with van der Waals surface area (Å²) in [5.74, 6) is 6.33. The number of guanidine groups is 1. The smallest absolute Gasteiger partial charge is 0.208 e. The maximum Gasteiger partial charge on any atom is 0.208 e. The number of hydrazine groups is 1. The molecule has 0 aromatic heterocycles. The Morgan fingerprint density at radius 3 is 3.00 bits per heavy atom. The van der Waals surface area contributed by atoms with Gasteiger partial charge in [0.05, 0.1) is 0 Å². The summed E-state index contributed by atoms with van der Waals surface area (Å²) in [5.41, 5.74) is 2.71. The quantitative estimate of drug-likeness (QED) is 0.236. The number of hydrogen-bond donors (Lipinski definition) is 2. The molecule has 1 rings (SSSR count). The van der Waals surface area contributed by atoms with E-state index < -0.39 is 0 Å². The number of likely N-dealkylation sites (N-methyl/N-ethyl adjacent to an activating group) is 2. The summed E-state index contributed by atoms with van der Waals surface area (Å²) in [5, 5.41) is 0. The third kappa shape index (κ3) is 4.80. The number of hydrogen-bond acceptors (Lipinski definition) is 4. The zero-order valence-corrected chi connectivity index (χ0v) is 11.9. The lowest BCUT2D eigenvalue weighted by Crippen LogP contribution is -2.52. The van der Waals surface area contributed by atoms with Crippen molar-refractivity contribution >= 4 is 5.96 Å². The van der Waals surface area contributed by atoms with Crippen molar-refractivity contribution in [1.29, 1.82) is 0 Å². The summed E-state index contributed by atoms with van der Waals surface area (Å²) >= 11 is 0. The maximum absolute atomic E-state index is 5.56. The highest BCUT2D eigenvalue weighted by Crippen LogP contribution is 2.13. The van der Waals surface area contributed by atoms with Crippen molar-refractivity contribution in [2.24, 2.45) is 10.8 Å². The van der Waals surface area contributed by atoms with Gasteiger partial charge in [-0.05, 0) is 32.9 Å². The first-order chi connectivity index (χ1) is 8.69. The second kappa shape index (κ2) is 8.29. The summed E-state index contributed by atoms with van der Waals surface area (Å²) in [6.45, 7) is 3.72. The normalized spacial score (nSPS) is 22.0. The molecule has 1 heterocycles. The van der Waals surface area contributed by atoms with Crippen LogP contribution in [0.15, 0.2) is 4.99 Å². The Labute approximate surface area is 110 Å². The van der Waals surface area contributed by atoms with Crippen LogP contribution in [0.2, 0.25) is 0 Å².